The highest BCUT2D eigenvalue weighted by Gasteiger charge is 2.36. The van der Waals surface area contributed by atoms with E-state index in [1.165, 1.54) is 5.56 Å². The predicted molar refractivity (Wildman–Crippen MR) is 96.9 cm³/mol. The number of rotatable bonds is 4. The van der Waals surface area contributed by atoms with E-state index in [1.807, 2.05) is 37.5 Å². The van der Waals surface area contributed by atoms with Crippen molar-refractivity contribution in [1.82, 2.24) is 20.0 Å². The molecule has 0 saturated carbocycles. The Hall–Kier alpha value is -2.21. The van der Waals surface area contributed by atoms with Gasteiger partial charge in [0, 0.05) is 44.9 Å². The molecule has 0 bridgehead atoms. The second kappa shape index (κ2) is 6.83. The highest BCUT2D eigenvalue weighted by Crippen LogP contribution is 2.37. The molecule has 2 heterocycles. The first-order valence-electron chi connectivity index (χ1n) is 9.29. The van der Waals surface area contributed by atoms with Crippen LogP contribution in [0.1, 0.15) is 48.0 Å². The average Bonchev–Trinajstić information content (AvgIpc) is 3.22. The van der Waals surface area contributed by atoms with Crippen molar-refractivity contribution in [1.29, 1.82) is 0 Å². The van der Waals surface area contributed by atoms with Gasteiger partial charge >= 0.3 is 0 Å². The number of amides is 1. The van der Waals surface area contributed by atoms with Crippen LogP contribution in [-0.4, -0.2) is 34.2 Å². The number of hydrogen-bond donors (Lipinski definition) is 1. The highest BCUT2D eigenvalue weighted by molar-refractivity contribution is 5.77. The topological polar surface area (TPSA) is 50.2 Å². The van der Waals surface area contributed by atoms with Crippen molar-refractivity contribution < 1.29 is 9.18 Å². The summed E-state index contributed by atoms with van der Waals surface area (Å²) in [5.74, 6) is 0.330. The van der Waals surface area contributed by atoms with Gasteiger partial charge in [-0.15, -0.1) is 0 Å². The number of halogens is 1. The highest BCUT2D eigenvalue weighted by atomic mass is 19.1. The first-order valence-corrected chi connectivity index (χ1v) is 9.29. The van der Waals surface area contributed by atoms with Crippen LogP contribution in [0.5, 0.6) is 0 Å². The number of nitrogens with one attached hydrogen (secondary N) is 1. The molecule has 3 atom stereocenters. The Morgan fingerprint density at radius 2 is 2.12 bits per heavy atom. The number of piperidine rings is 1. The summed E-state index contributed by atoms with van der Waals surface area (Å²) in [6.45, 7) is 0.803. The van der Waals surface area contributed by atoms with Crippen molar-refractivity contribution in [2.75, 3.05) is 13.6 Å². The van der Waals surface area contributed by atoms with E-state index in [9.17, 15) is 9.18 Å². The molecule has 1 fully saturated rings. The minimum absolute atomic E-state index is 0.0332. The van der Waals surface area contributed by atoms with Crippen LogP contribution in [-0.2, 0) is 18.3 Å². The molecule has 6 heteroatoms. The maximum absolute atomic E-state index is 13.6. The average molecular weight is 356 g/mol. The van der Waals surface area contributed by atoms with Crippen LogP contribution in [0, 0.1) is 11.7 Å². The second-order valence-electron chi connectivity index (χ2n) is 7.54. The Morgan fingerprint density at radius 1 is 1.27 bits per heavy atom. The molecule has 138 valence electrons. The quantitative estimate of drug-likeness (QED) is 0.916. The van der Waals surface area contributed by atoms with Crippen molar-refractivity contribution in [3.63, 3.8) is 0 Å². The van der Waals surface area contributed by atoms with E-state index < -0.39 is 0 Å². The molecule has 1 aromatic carbocycles. The molecule has 1 aromatic heterocycles. The molecule has 26 heavy (non-hydrogen) atoms. The molecule has 1 aliphatic carbocycles. The zero-order chi connectivity index (χ0) is 18.3. The summed E-state index contributed by atoms with van der Waals surface area (Å²) in [5.41, 5.74) is 3.40. The van der Waals surface area contributed by atoms with Crippen LogP contribution in [0.15, 0.2) is 30.6 Å². The van der Waals surface area contributed by atoms with Crippen molar-refractivity contribution in [3.8, 4) is 0 Å². The molecule has 1 unspecified atom stereocenters. The monoisotopic (exact) mass is 356 g/mol. The maximum atomic E-state index is 13.6. The summed E-state index contributed by atoms with van der Waals surface area (Å²) in [6.07, 6.45) is 7.27. The normalized spacial score (nSPS) is 25.6. The molecule has 1 N–H and O–H groups in total. The molecule has 2 aromatic rings. The van der Waals surface area contributed by atoms with E-state index in [4.69, 9.17) is 0 Å². The van der Waals surface area contributed by atoms with Crippen LogP contribution in [0.2, 0.25) is 0 Å². The van der Waals surface area contributed by atoms with E-state index in [0.29, 0.717) is 12.3 Å². The summed E-state index contributed by atoms with van der Waals surface area (Å²) < 4.78 is 15.4. The van der Waals surface area contributed by atoms with E-state index in [0.717, 1.165) is 36.9 Å². The van der Waals surface area contributed by atoms with Gasteiger partial charge in [-0.05, 0) is 48.4 Å². The lowest BCUT2D eigenvalue weighted by molar-refractivity contribution is -0.137. The number of benzene rings is 1. The summed E-state index contributed by atoms with van der Waals surface area (Å²) in [5, 5.41) is 7.92. The Morgan fingerprint density at radius 3 is 2.88 bits per heavy atom. The lowest BCUT2D eigenvalue weighted by Gasteiger charge is -2.39. The van der Waals surface area contributed by atoms with Gasteiger partial charge in [0.25, 0.3) is 0 Å². The summed E-state index contributed by atoms with van der Waals surface area (Å²) in [6, 6.07) is 5.33. The van der Waals surface area contributed by atoms with Gasteiger partial charge in [0.1, 0.15) is 5.82 Å². The number of nitrogens with zero attached hydrogens (tertiary/aromatic N) is 3. The van der Waals surface area contributed by atoms with Gasteiger partial charge in [-0.25, -0.2) is 4.39 Å². The number of aryl methyl sites for hydroxylation is 2. The number of carbonyl (C=O) groups excluding carboxylic acids is 1. The van der Waals surface area contributed by atoms with Crippen molar-refractivity contribution in [2.45, 2.75) is 37.8 Å². The van der Waals surface area contributed by atoms with E-state index in [1.54, 1.807) is 16.8 Å². The first kappa shape index (κ1) is 17.2. The SMILES string of the molecule is CN1C(=O)CC[C@H](CNC2CCc3ccc(F)cc32)[C@H]1c1cnn(C)c1. The molecule has 4 rings (SSSR count). The molecule has 1 saturated heterocycles. The van der Waals surface area contributed by atoms with Gasteiger partial charge in [0.05, 0.1) is 12.2 Å². The van der Waals surface area contributed by atoms with Crippen LogP contribution < -0.4 is 5.32 Å². The standard InChI is InChI=1S/C20H25FN4O/c1-24-12-15(11-23-24)20-14(5-8-19(26)25(20)2)10-22-18-7-4-13-3-6-16(21)9-17(13)18/h3,6,9,11-12,14,18,20,22H,4-5,7-8,10H2,1-2H3/t14-,18?,20+/m1/s1. The first-order chi connectivity index (χ1) is 12.5. The lowest BCUT2D eigenvalue weighted by atomic mass is 9.85. The molecule has 1 aliphatic heterocycles. The third kappa shape index (κ3) is 3.14. The minimum Gasteiger partial charge on any atom is -0.338 e. The Labute approximate surface area is 153 Å². The fraction of sp³-hybridized carbons (Fsp3) is 0.500. The molecule has 5 nitrogen and oxygen atoms in total. The number of fused-ring (bicyclic) bond motifs is 1. The van der Waals surface area contributed by atoms with Gasteiger partial charge in [0.15, 0.2) is 0 Å². The summed E-state index contributed by atoms with van der Waals surface area (Å²) in [4.78, 5) is 14.1. The molecular formula is C20H25FN4O. The van der Waals surface area contributed by atoms with Gasteiger partial charge in [-0.2, -0.15) is 5.10 Å². The Balaban J connectivity index is 1.50. The zero-order valence-electron chi connectivity index (χ0n) is 15.3. The number of carbonyl (C=O) groups is 1. The fourth-order valence-corrected chi connectivity index (χ4v) is 4.50. The smallest absolute Gasteiger partial charge is 0.222 e. The van der Waals surface area contributed by atoms with Crippen LogP contribution >= 0.6 is 0 Å². The minimum atomic E-state index is -0.173. The van der Waals surface area contributed by atoms with E-state index in [2.05, 4.69) is 10.4 Å². The molecule has 2 aliphatic rings. The van der Waals surface area contributed by atoms with E-state index in [-0.39, 0.29) is 23.8 Å². The van der Waals surface area contributed by atoms with Crippen molar-refractivity contribution in [2.24, 2.45) is 13.0 Å². The second-order valence-corrected chi connectivity index (χ2v) is 7.54. The Kier molecular flexibility index (Phi) is 4.53. The van der Waals surface area contributed by atoms with Crippen molar-refractivity contribution >= 4 is 5.91 Å². The summed E-state index contributed by atoms with van der Waals surface area (Å²) >= 11 is 0. The zero-order valence-corrected chi connectivity index (χ0v) is 15.3. The number of hydrogen-bond acceptors (Lipinski definition) is 3. The van der Waals surface area contributed by atoms with Gasteiger partial charge in [-0.1, -0.05) is 6.07 Å². The predicted octanol–water partition coefficient (Wildman–Crippen LogP) is 2.75. The molecular weight excluding hydrogens is 331 g/mol. The Bertz CT molecular complexity index is 818. The van der Waals surface area contributed by atoms with Crippen LogP contribution in [0.25, 0.3) is 0 Å². The third-order valence-electron chi connectivity index (χ3n) is 5.86. The number of likely N-dealkylation sites (tertiary alicyclic amines) is 1. The van der Waals surface area contributed by atoms with Gasteiger partial charge in [0.2, 0.25) is 5.91 Å². The fourth-order valence-electron chi connectivity index (χ4n) is 4.50. The third-order valence-corrected chi connectivity index (χ3v) is 5.86. The van der Waals surface area contributed by atoms with Crippen LogP contribution in [0.4, 0.5) is 4.39 Å². The van der Waals surface area contributed by atoms with E-state index >= 15 is 0 Å². The lowest BCUT2D eigenvalue weighted by Crippen LogP contribution is -2.43. The van der Waals surface area contributed by atoms with Gasteiger partial charge in [-0.3, -0.25) is 9.48 Å². The number of aromatic nitrogens is 2. The summed E-state index contributed by atoms with van der Waals surface area (Å²) in [7, 11) is 3.78. The molecule has 1 amide bonds. The molecule has 0 spiro atoms. The van der Waals surface area contributed by atoms with Crippen LogP contribution in [0.3, 0.4) is 0 Å². The maximum Gasteiger partial charge on any atom is 0.222 e. The largest absolute Gasteiger partial charge is 0.338 e. The molecule has 0 radical (unpaired) electrons. The van der Waals surface area contributed by atoms with Gasteiger partial charge < -0.3 is 10.2 Å². The van der Waals surface area contributed by atoms with Crippen molar-refractivity contribution in [3.05, 3.63) is 53.1 Å².